The lowest BCUT2D eigenvalue weighted by molar-refractivity contribution is 0.444. The zero-order valence-electron chi connectivity index (χ0n) is 14.2. The third kappa shape index (κ3) is 3.89. The standard InChI is InChI=1S/C17H26N4O2S/c1-18-16(19-10-12-21-11-5-13-24(21,22)23)20-14-17(8-9-17)15-6-3-2-4-7-15/h2-4,6-7H,5,8-14H2,1H3,(H2,18,19,20). The van der Waals surface area contributed by atoms with E-state index >= 15 is 0 Å². The lowest BCUT2D eigenvalue weighted by Gasteiger charge is -2.20. The maximum absolute atomic E-state index is 11.8. The minimum Gasteiger partial charge on any atom is -0.356 e. The predicted molar refractivity (Wildman–Crippen MR) is 96.7 cm³/mol. The monoisotopic (exact) mass is 350 g/mol. The first-order chi connectivity index (χ1) is 11.6. The van der Waals surface area contributed by atoms with Crippen LogP contribution in [0.2, 0.25) is 0 Å². The first kappa shape index (κ1) is 17.2. The molecule has 24 heavy (non-hydrogen) atoms. The molecule has 1 aromatic rings. The molecule has 1 saturated heterocycles. The van der Waals surface area contributed by atoms with E-state index in [-0.39, 0.29) is 11.2 Å². The van der Waals surface area contributed by atoms with Gasteiger partial charge >= 0.3 is 0 Å². The molecule has 2 N–H and O–H groups in total. The van der Waals surface area contributed by atoms with Crippen LogP contribution in [0, 0.1) is 0 Å². The Bertz CT molecular complexity index is 684. The highest BCUT2D eigenvalue weighted by molar-refractivity contribution is 7.89. The van der Waals surface area contributed by atoms with Gasteiger partial charge in [0.25, 0.3) is 0 Å². The van der Waals surface area contributed by atoms with E-state index in [1.807, 2.05) is 6.07 Å². The van der Waals surface area contributed by atoms with Crippen molar-refractivity contribution in [2.45, 2.75) is 24.7 Å². The normalized spacial score (nSPS) is 22.3. The van der Waals surface area contributed by atoms with E-state index in [0.29, 0.717) is 19.6 Å². The van der Waals surface area contributed by atoms with Gasteiger partial charge in [-0.2, -0.15) is 0 Å². The third-order valence-corrected chi connectivity index (χ3v) is 6.87. The molecule has 0 atom stereocenters. The van der Waals surface area contributed by atoms with Crippen LogP contribution < -0.4 is 10.6 Å². The maximum Gasteiger partial charge on any atom is 0.214 e. The van der Waals surface area contributed by atoms with Crippen LogP contribution in [0.25, 0.3) is 0 Å². The van der Waals surface area contributed by atoms with Crippen molar-refractivity contribution in [2.75, 3.05) is 39.0 Å². The molecule has 1 heterocycles. The van der Waals surface area contributed by atoms with Crippen LogP contribution in [-0.4, -0.2) is 57.7 Å². The summed E-state index contributed by atoms with van der Waals surface area (Å²) < 4.78 is 25.1. The van der Waals surface area contributed by atoms with Crippen LogP contribution in [0.3, 0.4) is 0 Å². The summed E-state index contributed by atoms with van der Waals surface area (Å²) in [6.07, 6.45) is 3.11. The summed E-state index contributed by atoms with van der Waals surface area (Å²) in [4.78, 5) is 4.24. The summed E-state index contributed by atoms with van der Waals surface area (Å²) in [5.41, 5.74) is 1.59. The summed E-state index contributed by atoms with van der Waals surface area (Å²) in [5.74, 6) is 1.01. The summed E-state index contributed by atoms with van der Waals surface area (Å²) in [7, 11) is -1.28. The fourth-order valence-corrected chi connectivity index (χ4v) is 4.75. The SMILES string of the molecule is CN=C(NCCN1CCCS1(=O)=O)NCC1(c2ccccc2)CC1. The summed E-state index contributed by atoms with van der Waals surface area (Å²) in [6.45, 7) is 2.54. The van der Waals surface area contributed by atoms with Gasteiger partial charge in [0, 0.05) is 38.6 Å². The number of nitrogens with one attached hydrogen (secondary N) is 2. The molecule has 0 unspecified atom stereocenters. The smallest absolute Gasteiger partial charge is 0.214 e. The highest BCUT2D eigenvalue weighted by Crippen LogP contribution is 2.47. The van der Waals surface area contributed by atoms with Crippen molar-refractivity contribution in [3.63, 3.8) is 0 Å². The fraction of sp³-hybridized carbons (Fsp3) is 0.588. The summed E-state index contributed by atoms with van der Waals surface area (Å²) >= 11 is 0. The Morgan fingerprint density at radius 1 is 1.25 bits per heavy atom. The maximum atomic E-state index is 11.8. The van der Waals surface area contributed by atoms with Crippen molar-refractivity contribution in [1.29, 1.82) is 0 Å². The second-order valence-electron chi connectivity index (χ2n) is 6.57. The third-order valence-electron chi connectivity index (χ3n) is 4.91. The van der Waals surface area contributed by atoms with Crippen LogP contribution in [-0.2, 0) is 15.4 Å². The molecule has 0 bridgehead atoms. The molecule has 1 aromatic carbocycles. The Balaban J connectivity index is 1.46. The molecule has 0 aromatic heterocycles. The molecular weight excluding hydrogens is 324 g/mol. The van der Waals surface area contributed by atoms with Gasteiger partial charge in [-0.25, -0.2) is 12.7 Å². The molecule has 6 nitrogen and oxygen atoms in total. The van der Waals surface area contributed by atoms with E-state index in [1.165, 1.54) is 18.4 Å². The number of nitrogens with zero attached hydrogens (tertiary/aromatic N) is 2. The van der Waals surface area contributed by atoms with Gasteiger partial charge in [-0.3, -0.25) is 4.99 Å². The van der Waals surface area contributed by atoms with E-state index < -0.39 is 10.0 Å². The molecule has 1 aliphatic heterocycles. The Morgan fingerprint density at radius 3 is 2.58 bits per heavy atom. The molecule has 3 rings (SSSR count). The number of rotatable bonds is 6. The lowest BCUT2D eigenvalue weighted by atomic mass is 9.96. The largest absolute Gasteiger partial charge is 0.356 e. The molecule has 2 aliphatic rings. The van der Waals surface area contributed by atoms with E-state index in [1.54, 1.807) is 11.4 Å². The molecule has 2 fully saturated rings. The van der Waals surface area contributed by atoms with Crippen molar-refractivity contribution in [2.24, 2.45) is 4.99 Å². The molecule has 1 aliphatic carbocycles. The zero-order valence-corrected chi connectivity index (χ0v) is 15.0. The minimum absolute atomic E-state index is 0.219. The van der Waals surface area contributed by atoms with E-state index in [2.05, 4.69) is 39.9 Å². The summed E-state index contributed by atoms with van der Waals surface area (Å²) in [6, 6.07) is 10.6. The number of guanidine groups is 1. The van der Waals surface area contributed by atoms with Gasteiger partial charge in [-0.1, -0.05) is 30.3 Å². The highest BCUT2D eigenvalue weighted by Gasteiger charge is 2.44. The molecular formula is C17H26N4O2S. The first-order valence-corrected chi connectivity index (χ1v) is 10.1. The van der Waals surface area contributed by atoms with Crippen LogP contribution in [0.5, 0.6) is 0 Å². The van der Waals surface area contributed by atoms with Crippen LogP contribution in [0.15, 0.2) is 35.3 Å². The van der Waals surface area contributed by atoms with Crippen molar-refractivity contribution in [3.05, 3.63) is 35.9 Å². The molecule has 0 radical (unpaired) electrons. The van der Waals surface area contributed by atoms with Gasteiger partial charge in [-0.15, -0.1) is 0 Å². The van der Waals surface area contributed by atoms with E-state index in [9.17, 15) is 8.42 Å². The summed E-state index contributed by atoms with van der Waals surface area (Å²) in [5, 5.41) is 6.61. The van der Waals surface area contributed by atoms with Crippen molar-refractivity contribution >= 4 is 16.0 Å². The molecule has 1 saturated carbocycles. The second kappa shape index (κ2) is 7.11. The molecule has 0 spiro atoms. The Hall–Kier alpha value is -1.60. The van der Waals surface area contributed by atoms with Gasteiger partial charge in [0.2, 0.25) is 10.0 Å². The zero-order chi connectivity index (χ0) is 17.0. The molecule has 0 amide bonds. The van der Waals surface area contributed by atoms with E-state index in [0.717, 1.165) is 18.9 Å². The topological polar surface area (TPSA) is 73.8 Å². The Morgan fingerprint density at radius 2 is 2.00 bits per heavy atom. The number of sulfonamides is 1. The van der Waals surface area contributed by atoms with Gasteiger partial charge in [0.05, 0.1) is 5.75 Å². The van der Waals surface area contributed by atoms with Gasteiger partial charge in [0.15, 0.2) is 5.96 Å². The fourth-order valence-electron chi connectivity index (χ4n) is 3.23. The first-order valence-electron chi connectivity index (χ1n) is 8.54. The predicted octanol–water partition coefficient (Wildman–Crippen LogP) is 0.919. The van der Waals surface area contributed by atoms with Gasteiger partial charge in [0.1, 0.15) is 0 Å². The lowest BCUT2D eigenvalue weighted by Crippen LogP contribution is -2.44. The van der Waals surface area contributed by atoms with Crippen molar-refractivity contribution < 1.29 is 8.42 Å². The average molecular weight is 350 g/mol. The van der Waals surface area contributed by atoms with Crippen LogP contribution in [0.4, 0.5) is 0 Å². The van der Waals surface area contributed by atoms with Crippen molar-refractivity contribution in [3.8, 4) is 0 Å². The quantitative estimate of drug-likeness (QED) is 0.591. The van der Waals surface area contributed by atoms with Crippen LogP contribution in [0.1, 0.15) is 24.8 Å². The van der Waals surface area contributed by atoms with Gasteiger partial charge < -0.3 is 10.6 Å². The Labute approximate surface area is 144 Å². The van der Waals surface area contributed by atoms with Crippen molar-refractivity contribution in [1.82, 2.24) is 14.9 Å². The van der Waals surface area contributed by atoms with Gasteiger partial charge in [-0.05, 0) is 24.8 Å². The molecule has 132 valence electrons. The highest BCUT2D eigenvalue weighted by atomic mass is 32.2. The number of hydrogen-bond acceptors (Lipinski definition) is 3. The van der Waals surface area contributed by atoms with E-state index in [4.69, 9.17) is 0 Å². The number of benzene rings is 1. The minimum atomic E-state index is -3.02. The number of hydrogen-bond donors (Lipinski definition) is 2. The molecule has 7 heteroatoms. The average Bonchev–Trinajstić information content (AvgIpc) is 3.31. The second-order valence-corrected chi connectivity index (χ2v) is 8.66. The number of aliphatic imine (C=N–C) groups is 1. The Kier molecular flexibility index (Phi) is 5.10. The van der Waals surface area contributed by atoms with Crippen LogP contribution >= 0.6 is 0 Å².